The minimum Gasteiger partial charge on any atom is -0.378 e. The van der Waals surface area contributed by atoms with Gasteiger partial charge in [-0.1, -0.05) is 29.8 Å². The van der Waals surface area contributed by atoms with Crippen LogP contribution >= 0.6 is 11.3 Å². The van der Waals surface area contributed by atoms with Crippen molar-refractivity contribution in [2.24, 2.45) is 0 Å². The van der Waals surface area contributed by atoms with E-state index in [1.165, 1.54) is 11.1 Å². The lowest BCUT2D eigenvalue weighted by molar-refractivity contribution is 0.0296. The second kappa shape index (κ2) is 6.42. The molecule has 0 atom stereocenters. The Morgan fingerprint density at radius 3 is 2.67 bits per heavy atom. The maximum atomic E-state index is 13.0. The number of morpholine rings is 1. The summed E-state index contributed by atoms with van der Waals surface area (Å²) in [5.41, 5.74) is 3.24. The Hall–Kier alpha value is -2.11. The van der Waals surface area contributed by atoms with Gasteiger partial charge in [-0.2, -0.15) is 0 Å². The molecular weight excluding hydrogens is 320 g/mol. The Kier molecular flexibility index (Phi) is 4.12. The lowest BCUT2D eigenvalue weighted by atomic mass is 10.1. The molecule has 0 aliphatic carbocycles. The molecule has 5 heteroatoms. The molecule has 1 aliphatic heterocycles. The highest BCUT2D eigenvalue weighted by molar-refractivity contribution is 7.16. The number of rotatable bonds is 3. The molecule has 24 heavy (non-hydrogen) atoms. The van der Waals surface area contributed by atoms with E-state index >= 15 is 0 Å². The molecule has 4 rings (SSSR count). The van der Waals surface area contributed by atoms with Gasteiger partial charge in [0, 0.05) is 25.0 Å². The van der Waals surface area contributed by atoms with Crippen LogP contribution in [-0.4, -0.2) is 41.7 Å². The van der Waals surface area contributed by atoms with E-state index in [9.17, 15) is 4.79 Å². The largest absolute Gasteiger partial charge is 0.378 e. The van der Waals surface area contributed by atoms with Crippen LogP contribution in [0, 0.1) is 6.92 Å². The van der Waals surface area contributed by atoms with Crippen LogP contribution in [0.5, 0.6) is 0 Å². The molecular formula is C19H20N2O2S. The average molecular weight is 340 g/mol. The molecule has 0 N–H and O–H groups in total. The molecule has 4 nitrogen and oxygen atoms in total. The van der Waals surface area contributed by atoms with Crippen LogP contribution in [0.25, 0.3) is 10.2 Å². The summed E-state index contributed by atoms with van der Waals surface area (Å²) in [6.07, 6.45) is 0. The van der Waals surface area contributed by atoms with E-state index in [0.717, 1.165) is 22.5 Å². The molecule has 1 saturated heterocycles. The van der Waals surface area contributed by atoms with Gasteiger partial charge in [0.25, 0.3) is 5.91 Å². The molecule has 0 unspecified atom stereocenters. The highest BCUT2D eigenvalue weighted by atomic mass is 32.1. The summed E-state index contributed by atoms with van der Waals surface area (Å²) in [6.45, 7) is 5.39. The molecule has 0 bridgehead atoms. The summed E-state index contributed by atoms with van der Waals surface area (Å²) < 4.78 is 7.52. The van der Waals surface area contributed by atoms with Gasteiger partial charge in [0.15, 0.2) is 0 Å². The van der Waals surface area contributed by atoms with Crippen molar-refractivity contribution < 1.29 is 9.53 Å². The summed E-state index contributed by atoms with van der Waals surface area (Å²) >= 11 is 1.69. The van der Waals surface area contributed by atoms with Crippen molar-refractivity contribution >= 4 is 27.5 Å². The Balaban J connectivity index is 1.71. The predicted octanol–water partition coefficient (Wildman–Crippen LogP) is 3.53. The van der Waals surface area contributed by atoms with Crippen molar-refractivity contribution in [1.82, 2.24) is 9.47 Å². The number of hydrogen-bond donors (Lipinski definition) is 0. The van der Waals surface area contributed by atoms with E-state index in [1.54, 1.807) is 11.3 Å². The minimum atomic E-state index is 0.105. The molecule has 0 saturated carbocycles. The van der Waals surface area contributed by atoms with Gasteiger partial charge < -0.3 is 14.2 Å². The fourth-order valence-electron chi connectivity index (χ4n) is 3.11. The van der Waals surface area contributed by atoms with Gasteiger partial charge in [-0.05, 0) is 30.0 Å². The normalized spacial score (nSPS) is 15.1. The molecule has 0 radical (unpaired) electrons. The van der Waals surface area contributed by atoms with Crippen LogP contribution in [-0.2, 0) is 11.3 Å². The summed E-state index contributed by atoms with van der Waals surface area (Å²) in [6, 6.07) is 12.6. The zero-order valence-corrected chi connectivity index (χ0v) is 14.5. The smallest absolute Gasteiger partial charge is 0.270 e. The predicted molar refractivity (Wildman–Crippen MR) is 96.8 cm³/mol. The minimum absolute atomic E-state index is 0.105. The number of benzene rings is 1. The summed E-state index contributed by atoms with van der Waals surface area (Å²) in [7, 11) is 0. The van der Waals surface area contributed by atoms with Gasteiger partial charge in [-0.25, -0.2) is 0 Å². The number of amides is 1. The number of nitrogens with zero attached hydrogens (tertiary/aromatic N) is 2. The van der Waals surface area contributed by atoms with E-state index in [1.807, 2.05) is 11.0 Å². The van der Waals surface area contributed by atoms with Gasteiger partial charge in [-0.3, -0.25) is 4.79 Å². The van der Waals surface area contributed by atoms with E-state index in [0.29, 0.717) is 26.3 Å². The monoisotopic (exact) mass is 340 g/mol. The molecule has 1 amide bonds. The number of thiophene rings is 1. The van der Waals surface area contributed by atoms with Crippen LogP contribution in [0.1, 0.15) is 21.6 Å². The molecule has 1 fully saturated rings. The van der Waals surface area contributed by atoms with Crippen molar-refractivity contribution in [1.29, 1.82) is 0 Å². The lowest BCUT2D eigenvalue weighted by Gasteiger charge is -2.27. The second-order valence-corrected chi connectivity index (χ2v) is 7.08. The van der Waals surface area contributed by atoms with Crippen molar-refractivity contribution in [3.05, 3.63) is 58.6 Å². The zero-order chi connectivity index (χ0) is 16.5. The maximum absolute atomic E-state index is 13.0. The van der Waals surface area contributed by atoms with Crippen molar-refractivity contribution in [3.63, 3.8) is 0 Å². The van der Waals surface area contributed by atoms with E-state index < -0.39 is 0 Å². The average Bonchev–Trinajstić information content (AvgIpc) is 3.19. The van der Waals surface area contributed by atoms with Gasteiger partial charge in [0.1, 0.15) is 10.5 Å². The van der Waals surface area contributed by atoms with E-state index in [2.05, 4.69) is 47.2 Å². The molecule has 0 spiro atoms. The number of ether oxygens (including phenoxy) is 1. The molecule has 3 heterocycles. The summed E-state index contributed by atoms with van der Waals surface area (Å²) in [5.74, 6) is 0.105. The quantitative estimate of drug-likeness (QED) is 0.731. The Labute approximate surface area is 145 Å². The van der Waals surface area contributed by atoms with Crippen LogP contribution in [0.4, 0.5) is 0 Å². The fraction of sp³-hybridized carbons (Fsp3) is 0.316. The van der Waals surface area contributed by atoms with Crippen LogP contribution in [0.2, 0.25) is 0 Å². The first-order valence-electron chi connectivity index (χ1n) is 8.22. The standard InChI is InChI=1S/C19H20N2O2S/c1-14-2-4-15(5-3-14)13-21-17(12-16-6-11-24-19(16)21)18(22)20-7-9-23-10-8-20/h2-6,11-12H,7-10,13H2,1H3. The first kappa shape index (κ1) is 15.4. The first-order chi connectivity index (χ1) is 11.7. The van der Waals surface area contributed by atoms with Gasteiger partial charge in [0.2, 0.25) is 0 Å². The topological polar surface area (TPSA) is 34.5 Å². The number of fused-ring (bicyclic) bond motifs is 1. The fourth-order valence-corrected chi connectivity index (χ4v) is 4.01. The molecule has 1 aliphatic rings. The number of carbonyl (C=O) groups is 1. The maximum Gasteiger partial charge on any atom is 0.270 e. The molecule has 124 valence electrons. The number of aryl methyl sites for hydroxylation is 1. The van der Waals surface area contributed by atoms with Gasteiger partial charge >= 0.3 is 0 Å². The van der Waals surface area contributed by atoms with Crippen LogP contribution in [0.15, 0.2) is 41.8 Å². The number of hydrogen-bond acceptors (Lipinski definition) is 3. The van der Waals surface area contributed by atoms with Crippen molar-refractivity contribution in [3.8, 4) is 0 Å². The number of aromatic nitrogens is 1. The third-order valence-electron chi connectivity index (χ3n) is 4.48. The third-order valence-corrected chi connectivity index (χ3v) is 5.43. The number of carbonyl (C=O) groups excluding carboxylic acids is 1. The zero-order valence-electron chi connectivity index (χ0n) is 13.7. The van der Waals surface area contributed by atoms with Gasteiger partial charge in [0.05, 0.1) is 13.2 Å². The van der Waals surface area contributed by atoms with Crippen molar-refractivity contribution in [2.45, 2.75) is 13.5 Å². The van der Waals surface area contributed by atoms with Crippen LogP contribution in [0.3, 0.4) is 0 Å². The van der Waals surface area contributed by atoms with Crippen LogP contribution < -0.4 is 0 Å². The Morgan fingerprint density at radius 2 is 1.92 bits per heavy atom. The van der Waals surface area contributed by atoms with Crippen molar-refractivity contribution in [2.75, 3.05) is 26.3 Å². The summed E-state index contributed by atoms with van der Waals surface area (Å²) in [4.78, 5) is 16.0. The SMILES string of the molecule is Cc1ccc(Cn2c(C(=O)N3CCOCC3)cc3ccsc32)cc1. The highest BCUT2D eigenvalue weighted by Crippen LogP contribution is 2.27. The van der Waals surface area contributed by atoms with E-state index in [-0.39, 0.29) is 5.91 Å². The Morgan fingerprint density at radius 1 is 1.17 bits per heavy atom. The molecule has 1 aromatic carbocycles. The first-order valence-corrected chi connectivity index (χ1v) is 9.09. The van der Waals surface area contributed by atoms with Gasteiger partial charge in [-0.15, -0.1) is 11.3 Å². The Bertz CT molecular complexity index is 857. The lowest BCUT2D eigenvalue weighted by Crippen LogP contribution is -2.41. The summed E-state index contributed by atoms with van der Waals surface area (Å²) in [5, 5.41) is 3.22. The highest BCUT2D eigenvalue weighted by Gasteiger charge is 2.23. The third kappa shape index (κ3) is 2.85. The molecule has 2 aromatic heterocycles. The van der Waals surface area contributed by atoms with E-state index in [4.69, 9.17) is 4.74 Å². The molecule has 3 aromatic rings. The second-order valence-electron chi connectivity index (χ2n) is 6.19.